The molecule has 1 aliphatic rings. The van der Waals surface area contributed by atoms with Crippen molar-refractivity contribution in [3.05, 3.63) is 22.8 Å². The van der Waals surface area contributed by atoms with Gasteiger partial charge in [0.15, 0.2) is 0 Å². The summed E-state index contributed by atoms with van der Waals surface area (Å²) in [5.41, 5.74) is 0.962. The van der Waals surface area contributed by atoms with Crippen LogP contribution in [0.4, 0.5) is 5.82 Å². The first-order chi connectivity index (χ1) is 10.1. The molecular formula is C17H28ClN3. The van der Waals surface area contributed by atoms with Crippen LogP contribution >= 0.6 is 11.6 Å². The molecule has 1 unspecified atom stereocenters. The Labute approximate surface area is 134 Å². The molecule has 0 aromatic carbocycles. The van der Waals surface area contributed by atoms with Gasteiger partial charge in [-0.2, -0.15) is 0 Å². The summed E-state index contributed by atoms with van der Waals surface area (Å²) in [6.07, 6.45) is 6.39. The molecule has 0 amide bonds. The Hall–Kier alpha value is -0.800. The minimum atomic E-state index is 0.439. The second kappa shape index (κ2) is 8.00. The monoisotopic (exact) mass is 309 g/mol. The number of halogens is 1. The number of hydrogen-bond acceptors (Lipinski definition) is 3. The Balaban J connectivity index is 2.15. The summed E-state index contributed by atoms with van der Waals surface area (Å²) in [5, 5.41) is 4.16. The van der Waals surface area contributed by atoms with E-state index in [-0.39, 0.29) is 0 Å². The van der Waals surface area contributed by atoms with E-state index in [0.29, 0.717) is 12.1 Å². The third-order valence-corrected chi connectivity index (χ3v) is 4.47. The number of aromatic nitrogens is 1. The van der Waals surface area contributed by atoms with Crippen molar-refractivity contribution in [3.63, 3.8) is 0 Å². The Morgan fingerprint density at radius 3 is 2.90 bits per heavy atom. The fraction of sp³-hybridized carbons (Fsp3) is 0.706. The van der Waals surface area contributed by atoms with Gasteiger partial charge in [-0.1, -0.05) is 38.8 Å². The first-order valence-electron chi connectivity index (χ1n) is 8.27. The zero-order valence-corrected chi connectivity index (χ0v) is 14.3. The molecule has 0 saturated carbocycles. The first kappa shape index (κ1) is 16.6. The topological polar surface area (TPSA) is 28.2 Å². The SMILES string of the molecule is CCCC1CCCCN1c1ccc(Cl)c(CNC(C)C)n1. The van der Waals surface area contributed by atoms with Crippen molar-refractivity contribution >= 4 is 17.4 Å². The van der Waals surface area contributed by atoms with Crippen molar-refractivity contribution in [2.45, 2.75) is 71.5 Å². The van der Waals surface area contributed by atoms with Gasteiger partial charge < -0.3 is 10.2 Å². The maximum absolute atomic E-state index is 6.30. The van der Waals surface area contributed by atoms with Gasteiger partial charge in [0.05, 0.1) is 10.7 Å². The summed E-state index contributed by atoms with van der Waals surface area (Å²) in [7, 11) is 0. The van der Waals surface area contributed by atoms with Gasteiger partial charge >= 0.3 is 0 Å². The fourth-order valence-corrected chi connectivity index (χ4v) is 3.17. The van der Waals surface area contributed by atoms with Gasteiger partial charge in [0.1, 0.15) is 5.82 Å². The van der Waals surface area contributed by atoms with E-state index in [4.69, 9.17) is 16.6 Å². The molecule has 0 radical (unpaired) electrons. The third-order valence-electron chi connectivity index (χ3n) is 4.12. The molecule has 0 spiro atoms. The molecule has 1 N–H and O–H groups in total. The molecule has 21 heavy (non-hydrogen) atoms. The molecular weight excluding hydrogens is 282 g/mol. The maximum Gasteiger partial charge on any atom is 0.129 e. The molecule has 4 heteroatoms. The van der Waals surface area contributed by atoms with Gasteiger partial charge in [-0.3, -0.25) is 0 Å². The van der Waals surface area contributed by atoms with E-state index in [1.165, 1.54) is 32.1 Å². The number of anilines is 1. The zero-order valence-electron chi connectivity index (χ0n) is 13.5. The molecule has 2 heterocycles. The number of nitrogens with one attached hydrogen (secondary N) is 1. The van der Waals surface area contributed by atoms with E-state index >= 15 is 0 Å². The molecule has 118 valence electrons. The highest BCUT2D eigenvalue weighted by atomic mass is 35.5. The van der Waals surface area contributed by atoms with E-state index in [0.717, 1.165) is 29.6 Å². The number of nitrogens with zero attached hydrogens (tertiary/aromatic N) is 2. The van der Waals surface area contributed by atoms with E-state index in [9.17, 15) is 0 Å². The predicted octanol–water partition coefficient (Wildman–Crippen LogP) is 4.39. The zero-order chi connectivity index (χ0) is 15.2. The minimum absolute atomic E-state index is 0.439. The lowest BCUT2D eigenvalue weighted by atomic mass is 9.98. The van der Waals surface area contributed by atoms with Crippen LogP contribution in [0.1, 0.15) is 58.6 Å². The number of pyridine rings is 1. The van der Waals surface area contributed by atoms with Crippen LogP contribution in [-0.2, 0) is 6.54 Å². The first-order valence-corrected chi connectivity index (χ1v) is 8.65. The van der Waals surface area contributed by atoms with Gasteiger partial charge in [-0.15, -0.1) is 0 Å². The van der Waals surface area contributed by atoms with Crippen LogP contribution in [0.15, 0.2) is 12.1 Å². The molecule has 1 fully saturated rings. The van der Waals surface area contributed by atoms with E-state index in [1.54, 1.807) is 0 Å². The molecule has 1 atom stereocenters. The highest BCUT2D eigenvalue weighted by molar-refractivity contribution is 6.31. The molecule has 1 aromatic rings. The van der Waals surface area contributed by atoms with Gasteiger partial charge in [0.2, 0.25) is 0 Å². The maximum atomic E-state index is 6.30. The van der Waals surface area contributed by atoms with Crippen LogP contribution in [0.5, 0.6) is 0 Å². The van der Waals surface area contributed by atoms with Crippen LogP contribution in [0.3, 0.4) is 0 Å². The van der Waals surface area contributed by atoms with Crippen LogP contribution in [0.2, 0.25) is 5.02 Å². The largest absolute Gasteiger partial charge is 0.354 e. The Morgan fingerprint density at radius 2 is 2.19 bits per heavy atom. The summed E-state index contributed by atoms with van der Waals surface area (Å²) >= 11 is 6.30. The average molecular weight is 310 g/mol. The van der Waals surface area contributed by atoms with Crippen LogP contribution in [0, 0.1) is 0 Å². The van der Waals surface area contributed by atoms with Gasteiger partial charge in [0, 0.05) is 25.2 Å². The third kappa shape index (κ3) is 4.58. The van der Waals surface area contributed by atoms with Crippen molar-refractivity contribution < 1.29 is 0 Å². The highest BCUT2D eigenvalue weighted by Crippen LogP contribution is 2.27. The lowest BCUT2D eigenvalue weighted by molar-refractivity contribution is 0.431. The van der Waals surface area contributed by atoms with Crippen LogP contribution in [-0.4, -0.2) is 23.6 Å². The van der Waals surface area contributed by atoms with E-state index < -0.39 is 0 Å². The van der Waals surface area contributed by atoms with Crippen molar-refractivity contribution in [2.24, 2.45) is 0 Å². The van der Waals surface area contributed by atoms with Crippen molar-refractivity contribution in [3.8, 4) is 0 Å². The summed E-state index contributed by atoms with van der Waals surface area (Å²) in [4.78, 5) is 7.32. The lowest BCUT2D eigenvalue weighted by Crippen LogP contribution is -2.40. The Bertz CT molecular complexity index is 446. The molecule has 1 aliphatic heterocycles. The normalized spacial score (nSPS) is 19.3. The van der Waals surface area contributed by atoms with E-state index in [2.05, 4.69) is 37.1 Å². The quantitative estimate of drug-likeness (QED) is 0.844. The Morgan fingerprint density at radius 1 is 1.38 bits per heavy atom. The second-order valence-electron chi connectivity index (χ2n) is 6.27. The molecule has 3 nitrogen and oxygen atoms in total. The molecule has 1 saturated heterocycles. The van der Waals surface area contributed by atoms with Gasteiger partial charge in [0.25, 0.3) is 0 Å². The summed E-state index contributed by atoms with van der Waals surface area (Å²) in [6, 6.07) is 5.16. The number of hydrogen-bond donors (Lipinski definition) is 1. The lowest BCUT2D eigenvalue weighted by Gasteiger charge is -2.37. The highest BCUT2D eigenvalue weighted by Gasteiger charge is 2.23. The smallest absolute Gasteiger partial charge is 0.129 e. The number of piperidine rings is 1. The second-order valence-corrected chi connectivity index (χ2v) is 6.67. The van der Waals surface area contributed by atoms with Crippen molar-refractivity contribution in [1.82, 2.24) is 10.3 Å². The summed E-state index contributed by atoms with van der Waals surface area (Å²) < 4.78 is 0. The van der Waals surface area contributed by atoms with Crippen molar-refractivity contribution in [2.75, 3.05) is 11.4 Å². The van der Waals surface area contributed by atoms with Gasteiger partial charge in [-0.25, -0.2) is 4.98 Å². The van der Waals surface area contributed by atoms with E-state index in [1.807, 2.05) is 6.07 Å². The molecule has 2 rings (SSSR count). The van der Waals surface area contributed by atoms with Gasteiger partial charge in [-0.05, 0) is 37.8 Å². The fourth-order valence-electron chi connectivity index (χ4n) is 2.99. The molecule has 0 bridgehead atoms. The summed E-state index contributed by atoms with van der Waals surface area (Å²) in [6.45, 7) is 8.40. The number of rotatable bonds is 6. The summed E-state index contributed by atoms with van der Waals surface area (Å²) in [5.74, 6) is 1.10. The standard InChI is InChI=1S/C17H28ClN3/c1-4-7-14-8-5-6-11-21(14)17-10-9-15(18)16(20-17)12-19-13(2)3/h9-10,13-14,19H,4-8,11-12H2,1-3H3. The van der Waals surface area contributed by atoms with Crippen LogP contribution < -0.4 is 10.2 Å². The minimum Gasteiger partial charge on any atom is -0.354 e. The van der Waals surface area contributed by atoms with Crippen molar-refractivity contribution in [1.29, 1.82) is 0 Å². The molecule has 0 aliphatic carbocycles. The molecule has 1 aromatic heterocycles. The Kier molecular flexibility index (Phi) is 6.31. The van der Waals surface area contributed by atoms with Crippen LogP contribution in [0.25, 0.3) is 0 Å². The average Bonchev–Trinajstić information content (AvgIpc) is 2.47. The predicted molar refractivity (Wildman–Crippen MR) is 91.1 cm³/mol.